The third-order valence-corrected chi connectivity index (χ3v) is 4.36. The lowest BCUT2D eigenvalue weighted by molar-refractivity contribution is -0.142. The summed E-state index contributed by atoms with van der Waals surface area (Å²) in [6, 6.07) is 7.76. The van der Waals surface area contributed by atoms with Crippen molar-refractivity contribution >= 4 is 11.9 Å². The molecule has 1 saturated carbocycles. The number of nitrogens with one attached hydrogen (secondary N) is 1. The number of ether oxygens (including phenoxy) is 1. The van der Waals surface area contributed by atoms with Crippen LogP contribution in [0.4, 0.5) is 0 Å². The molecular formula is C16H19NO4. The van der Waals surface area contributed by atoms with Crippen LogP contribution < -0.4 is 5.32 Å². The van der Waals surface area contributed by atoms with E-state index in [9.17, 15) is 9.59 Å². The predicted molar refractivity (Wildman–Crippen MR) is 75.7 cm³/mol. The van der Waals surface area contributed by atoms with Crippen molar-refractivity contribution in [1.82, 2.24) is 5.32 Å². The van der Waals surface area contributed by atoms with Gasteiger partial charge in [-0.15, -0.1) is 0 Å². The first-order chi connectivity index (χ1) is 10.1. The van der Waals surface area contributed by atoms with E-state index in [1.54, 1.807) is 0 Å². The largest absolute Gasteiger partial charge is 0.481 e. The number of hydrogen-bond donors (Lipinski definition) is 2. The molecule has 1 aromatic carbocycles. The van der Waals surface area contributed by atoms with E-state index >= 15 is 0 Å². The van der Waals surface area contributed by atoms with E-state index < -0.39 is 12.1 Å². The molecule has 5 nitrogen and oxygen atoms in total. The number of benzene rings is 1. The Hall–Kier alpha value is -1.88. The third-order valence-electron chi connectivity index (χ3n) is 4.36. The fourth-order valence-electron chi connectivity index (χ4n) is 3.22. The molecule has 0 spiro atoms. The van der Waals surface area contributed by atoms with Gasteiger partial charge >= 0.3 is 5.97 Å². The lowest BCUT2D eigenvalue weighted by Gasteiger charge is -2.26. The molecule has 112 valence electrons. The Kier molecular flexibility index (Phi) is 3.92. The quantitative estimate of drug-likeness (QED) is 0.887. The summed E-state index contributed by atoms with van der Waals surface area (Å²) < 4.78 is 5.62. The van der Waals surface area contributed by atoms with Gasteiger partial charge in [-0.05, 0) is 36.8 Å². The standard InChI is InChI=1S/C16H19NO4/c18-15(17-12-6-5-11(9-12)16(19)20)14-13-4-2-1-3-10(13)7-8-21-14/h1-4,11-12,14H,5-9H2,(H,17,18)(H,19,20). The third kappa shape index (κ3) is 2.93. The highest BCUT2D eigenvalue weighted by Crippen LogP contribution is 2.29. The number of fused-ring (bicyclic) bond motifs is 1. The van der Waals surface area contributed by atoms with Crippen LogP contribution >= 0.6 is 0 Å². The predicted octanol–water partition coefficient (Wildman–Crippen LogP) is 1.67. The smallest absolute Gasteiger partial charge is 0.306 e. The summed E-state index contributed by atoms with van der Waals surface area (Å²) in [5.41, 5.74) is 2.08. The summed E-state index contributed by atoms with van der Waals surface area (Å²) in [4.78, 5) is 23.4. The molecule has 1 heterocycles. The molecule has 0 saturated heterocycles. The first-order valence-electron chi connectivity index (χ1n) is 7.37. The molecule has 0 bridgehead atoms. The van der Waals surface area contributed by atoms with Gasteiger partial charge in [0.05, 0.1) is 12.5 Å². The van der Waals surface area contributed by atoms with Gasteiger partial charge in [0.2, 0.25) is 0 Å². The van der Waals surface area contributed by atoms with Gasteiger partial charge in [-0.2, -0.15) is 0 Å². The van der Waals surface area contributed by atoms with Crippen LogP contribution in [0.15, 0.2) is 24.3 Å². The average Bonchev–Trinajstić information content (AvgIpc) is 2.95. The Morgan fingerprint density at radius 2 is 2.05 bits per heavy atom. The molecule has 1 aromatic rings. The number of carboxylic acid groups (broad SMARTS) is 1. The van der Waals surface area contributed by atoms with Crippen LogP contribution in [0, 0.1) is 5.92 Å². The van der Waals surface area contributed by atoms with Crippen molar-refractivity contribution in [2.75, 3.05) is 6.61 Å². The van der Waals surface area contributed by atoms with Crippen molar-refractivity contribution in [3.8, 4) is 0 Å². The second-order valence-corrected chi connectivity index (χ2v) is 5.75. The Morgan fingerprint density at radius 3 is 2.81 bits per heavy atom. The molecule has 2 aliphatic rings. The van der Waals surface area contributed by atoms with Crippen molar-refractivity contribution in [3.05, 3.63) is 35.4 Å². The van der Waals surface area contributed by atoms with E-state index in [1.165, 1.54) is 0 Å². The molecule has 5 heteroatoms. The lowest BCUT2D eigenvalue weighted by atomic mass is 9.97. The monoisotopic (exact) mass is 289 g/mol. The number of hydrogen-bond acceptors (Lipinski definition) is 3. The molecule has 1 aliphatic carbocycles. The van der Waals surface area contributed by atoms with E-state index in [1.807, 2.05) is 24.3 Å². The van der Waals surface area contributed by atoms with Crippen LogP contribution in [0.1, 0.15) is 36.5 Å². The Labute approximate surface area is 123 Å². The zero-order valence-electron chi connectivity index (χ0n) is 11.7. The Morgan fingerprint density at radius 1 is 1.24 bits per heavy atom. The zero-order valence-corrected chi connectivity index (χ0v) is 11.7. The molecule has 21 heavy (non-hydrogen) atoms. The average molecular weight is 289 g/mol. The van der Waals surface area contributed by atoms with Gasteiger partial charge in [0.15, 0.2) is 6.10 Å². The van der Waals surface area contributed by atoms with Gasteiger partial charge in [-0.1, -0.05) is 24.3 Å². The summed E-state index contributed by atoms with van der Waals surface area (Å²) in [7, 11) is 0. The maximum atomic E-state index is 12.4. The second kappa shape index (κ2) is 5.85. The van der Waals surface area contributed by atoms with Gasteiger partial charge < -0.3 is 15.2 Å². The van der Waals surface area contributed by atoms with E-state index in [0.29, 0.717) is 19.4 Å². The lowest BCUT2D eigenvalue weighted by Crippen LogP contribution is -2.39. The number of rotatable bonds is 3. The molecule has 2 N–H and O–H groups in total. The molecule has 3 rings (SSSR count). The number of amides is 1. The molecule has 1 fully saturated rings. The fraction of sp³-hybridized carbons (Fsp3) is 0.500. The molecule has 3 atom stereocenters. The highest BCUT2D eigenvalue weighted by molar-refractivity contribution is 5.83. The fourth-order valence-corrected chi connectivity index (χ4v) is 3.22. The van der Waals surface area contributed by atoms with Crippen LogP contribution in [-0.4, -0.2) is 29.6 Å². The van der Waals surface area contributed by atoms with Crippen LogP contribution in [-0.2, 0) is 20.7 Å². The molecule has 3 unspecified atom stereocenters. The van der Waals surface area contributed by atoms with Gasteiger partial charge in [0.25, 0.3) is 5.91 Å². The second-order valence-electron chi connectivity index (χ2n) is 5.75. The number of carbonyl (C=O) groups is 2. The highest BCUT2D eigenvalue weighted by atomic mass is 16.5. The van der Waals surface area contributed by atoms with Gasteiger partial charge in [-0.25, -0.2) is 0 Å². The minimum absolute atomic E-state index is 0.0590. The van der Waals surface area contributed by atoms with E-state index in [4.69, 9.17) is 9.84 Å². The molecule has 1 amide bonds. The van der Waals surface area contributed by atoms with E-state index in [2.05, 4.69) is 5.32 Å². The topological polar surface area (TPSA) is 75.6 Å². The van der Waals surface area contributed by atoms with Crippen LogP contribution in [0.5, 0.6) is 0 Å². The van der Waals surface area contributed by atoms with E-state index in [-0.39, 0.29) is 17.9 Å². The van der Waals surface area contributed by atoms with Crippen molar-refractivity contribution in [2.45, 2.75) is 37.8 Å². The molecular weight excluding hydrogens is 270 g/mol. The zero-order chi connectivity index (χ0) is 14.8. The number of carbonyl (C=O) groups excluding carboxylic acids is 1. The summed E-state index contributed by atoms with van der Waals surface area (Å²) >= 11 is 0. The summed E-state index contributed by atoms with van der Waals surface area (Å²) in [6.07, 6.45) is 2.11. The van der Waals surface area contributed by atoms with E-state index in [0.717, 1.165) is 24.0 Å². The van der Waals surface area contributed by atoms with Crippen molar-refractivity contribution in [3.63, 3.8) is 0 Å². The van der Waals surface area contributed by atoms with Gasteiger partial charge in [0.1, 0.15) is 0 Å². The molecule has 1 aliphatic heterocycles. The highest BCUT2D eigenvalue weighted by Gasteiger charge is 2.33. The normalized spacial score (nSPS) is 27.9. The number of aliphatic carboxylic acids is 1. The SMILES string of the molecule is O=C(O)C1CCC(NC(=O)C2OCCc3ccccc32)C1. The summed E-state index contributed by atoms with van der Waals surface area (Å²) in [5.74, 6) is -1.26. The number of carboxylic acids is 1. The Bertz CT molecular complexity index is 557. The minimum atomic E-state index is -0.772. The van der Waals surface area contributed by atoms with Crippen LogP contribution in [0.3, 0.4) is 0 Å². The van der Waals surface area contributed by atoms with Gasteiger partial charge in [0, 0.05) is 6.04 Å². The molecule has 0 radical (unpaired) electrons. The molecule has 0 aromatic heterocycles. The van der Waals surface area contributed by atoms with Crippen LogP contribution in [0.25, 0.3) is 0 Å². The van der Waals surface area contributed by atoms with Crippen molar-refractivity contribution < 1.29 is 19.4 Å². The van der Waals surface area contributed by atoms with Crippen molar-refractivity contribution in [1.29, 1.82) is 0 Å². The minimum Gasteiger partial charge on any atom is -0.481 e. The maximum absolute atomic E-state index is 12.4. The van der Waals surface area contributed by atoms with Crippen LogP contribution in [0.2, 0.25) is 0 Å². The Balaban J connectivity index is 1.66. The van der Waals surface area contributed by atoms with Crippen molar-refractivity contribution in [2.24, 2.45) is 5.92 Å². The first kappa shape index (κ1) is 14.1. The van der Waals surface area contributed by atoms with Gasteiger partial charge in [-0.3, -0.25) is 9.59 Å². The maximum Gasteiger partial charge on any atom is 0.306 e. The summed E-state index contributed by atoms with van der Waals surface area (Å²) in [5, 5.41) is 12.0. The first-order valence-corrected chi connectivity index (χ1v) is 7.37. The summed E-state index contributed by atoms with van der Waals surface area (Å²) in [6.45, 7) is 0.539.